The van der Waals surface area contributed by atoms with Gasteiger partial charge in [0.1, 0.15) is 0 Å². The Morgan fingerprint density at radius 1 is 1.36 bits per heavy atom. The van der Waals surface area contributed by atoms with E-state index in [1.54, 1.807) is 0 Å². The Balaban J connectivity index is 0.00000225. The molecule has 5 nitrogen and oxygen atoms in total. The summed E-state index contributed by atoms with van der Waals surface area (Å²) in [5.41, 5.74) is 1.43. The molecule has 0 aliphatic heterocycles. The van der Waals surface area contributed by atoms with Gasteiger partial charge in [-0.1, -0.05) is 18.9 Å². The van der Waals surface area contributed by atoms with Crippen LogP contribution in [-0.4, -0.2) is 43.3 Å². The second kappa shape index (κ2) is 9.71. The van der Waals surface area contributed by atoms with Gasteiger partial charge >= 0.3 is 0 Å². The zero-order valence-corrected chi connectivity index (χ0v) is 17.7. The first-order valence-electron chi connectivity index (χ1n) is 9.27. The number of rotatable bonds is 6. The van der Waals surface area contributed by atoms with E-state index in [4.69, 9.17) is 4.74 Å². The molecule has 2 saturated carbocycles. The van der Waals surface area contributed by atoms with Gasteiger partial charge in [-0.3, -0.25) is 9.98 Å². The summed E-state index contributed by atoms with van der Waals surface area (Å²) >= 11 is 0. The Morgan fingerprint density at radius 3 is 2.80 bits per heavy atom. The van der Waals surface area contributed by atoms with E-state index in [1.165, 1.54) is 25.7 Å². The predicted molar refractivity (Wildman–Crippen MR) is 113 cm³/mol. The lowest BCUT2D eigenvalue weighted by Crippen LogP contribution is -2.65. The number of halogens is 1. The first-order chi connectivity index (χ1) is 11.8. The summed E-state index contributed by atoms with van der Waals surface area (Å²) in [4.78, 5) is 8.76. The number of aromatic nitrogens is 1. The van der Waals surface area contributed by atoms with Crippen LogP contribution < -0.4 is 10.6 Å². The highest BCUT2D eigenvalue weighted by Gasteiger charge is 2.56. The molecule has 140 valence electrons. The van der Waals surface area contributed by atoms with Gasteiger partial charge in [0.15, 0.2) is 5.96 Å². The summed E-state index contributed by atoms with van der Waals surface area (Å²) in [6.45, 7) is 3.75. The van der Waals surface area contributed by atoms with Gasteiger partial charge in [0.2, 0.25) is 0 Å². The Bertz CT molecular complexity index is 546. The highest BCUT2D eigenvalue weighted by Crippen LogP contribution is 2.54. The minimum atomic E-state index is 0. The highest BCUT2D eigenvalue weighted by atomic mass is 127. The lowest BCUT2D eigenvalue weighted by Gasteiger charge is -2.54. The van der Waals surface area contributed by atoms with E-state index in [9.17, 15) is 0 Å². The molecule has 2 aliphatic rings. The molecule has 0 aromatic carbocycles. The number of nitrogens with zero attached hydrogens (tertiary/aromatic N) is 2. The van der Waals surface area contributed by atoms with E-state index in [-0.39, 0.29) is 24.0 Å². The molecule has 6 heteroatoms. The van der Waals surface area contributed by atoms with Crippen LogP contribution in [0.2, 0.25) is 0 Å². The molecular weight excluding hydrogens is 427 g/mol. The van der Waals surface area contributed by atoms with Crippen LogP contribution in [-0.2, 0) is 11.2 Å². The van der Waals surface area contributed by atoms with Gasteiger partial charge in [-0.15, -0.1) is 24.0 Å². The molecule has 1 spiro atoms. The van der Waals surface area contributed by atoms with E-state index in [0.717, 1.165) is 37.6 Å². The highest BCUT2D eigenvalue weighted by molar-refractivity contribution is 14.0. The smallest absolute Gasteiger partial charge is 0.191 e. The number of guanidine groups is 1. The molecule has 1 heterocycles. The van der Waals surface area contributed by atoms with Crippen LogP contribution in [0.1, 0.15) is 44.7 Å². The van der Waals surface area contributed by atoms with Crippen molar-refractivity contribution in [3.05, 3.63) is 30.1 Å². The number of hydrogen-bond acceptors (Lipinski definition) is 3. The predicted octanol–water partition coefficient (Wildman–Crippen LogP) is 3.14. The van der Waals surface area contributed by atoms with Gasteiger partial charge in [0, 0.05) is 50.0 Å². The van der Waals surface area contributed by atoms with Gasteiger partial charge in [-0.25, -0.2) is 0 Å². The molecule has 2 aliphatic carbocycles. The zero-order valence-electron chi connectivity index (χ0n) is 15.3. The Morgan fingerprint density at radius 2 is 2.16 bits per heavy atom. The van der Waals surface area contributed by atoms with Gasteiger partial charge in [-0.2, -0.15) is 0 Å². The fourth-order valence-corrected chi connectivity index (χ4v) is 4.30. The molecule has 25 heavy (non-hydrogen) atoms. The van der Waals surface area contributed by atoms with Crippen LogP contribution in [0, 0.1) is 5.41 Å². The molecule has 0 radical (unpaired) electrons. The summed E-state index contributed by atoms with van der Waals surface area (Å²) in [5.74, 6) is 0.900. The summed E-state index contributed by atoms with van der Waals surface area (Å²) in [6.07, 6.45) is 9.47. The Hall–Kier alpha value is -0.890. The maximum absolute atomic E-state index is 5.99. The second-order valence-corrected chi connectivity index (χ2v) is 6.89. The number of hydrogen-bond donors (Lipinski definition) is 2. The van der Waals surface area contributed by atoms with Gasteiger partial charge < -0.3 is 15.4 Å². The Kier molecular flexibility index (Phi) is 7.93. The molecule has 1 aromatic heterocycles. The maximum atomic E-state index is 5.99. The van der Waals surface area contributed by atoms with Gasteiger partial charge in [0.25, 0.3) is 0 Å². The third kappa shape index (κ3) is 4.64. The van der Waals surface area contributed by atoms with E-state index in [2.05, 4.69) is 33.6 Å². The van der Waals surface area contributed by atoms with Gasteiger partial charge in [0.05, 0.1) is 6.10 Å². The fraction of sp³-hybridized carbons (Fsp3) is 0.684. The largest absolute Gasteiger partial charge is 0.378 e. The summed E-state index contributed by atoms with van der Waals surface area (Å²) in [5, 5.41) is 7.08. The minimum Gasteiger partial charge on any atom is -0.378 e. The second-order valence-electron chi connectivity index (χ2n) is 6.89. The average Bonchev–Trinajstić information content (AvgIpc) is 3.13. The van der Waals surface area contributed by atoms with Crippen LogP contribution in [0.15, 0.2) is 29.4 Å². The van der Waals surface area contributed by atoms with Crippen molar-refractivity contribution in [2.75, 3.05) is 20.2 Å². The van der Waals surface area contributed by atoms with Crippen molar-refractivity contribution in [3.63, 3.8) is 0 Å². The van der Waals surface area contributed by atoms with E-state index >= 15 is 0 Å². The average molecular weight is 458 g/mol. The van der Waals surface area contributed by atoms with Crippen molar-refractivity contribution in [1.82, 2.24) is 15.6 Å². The maximum Gasteiger partial charge on any atom is 0.191 e. The molecule has 0 bridgehead atoms. The van der Waals surface area contributed by atoms with Crippen molar-refractivity contribution in [1.29, 1.82) is 0 Å². The standard InChI is InChI=1S/C19H30N4O.HI/c1-3-24-17-14-16(19(17)10-5-6-11-19)23-18(20-2)22-13-9-15-8-4-7-12-21-15;/h4,7-8,12,16-17H,3,5-6,9-11,13-14H2,1-2H3,(H2,20,22,23);1H. The number of nitrogens with one attached hydrogen (secondary N) is 2. The molecule has 2 atom stereocenters. The molecule has 1 aromatic rings. The third-order valence-corrected chi connectivity index (χ3v) is 5.62. The summed E-state index contributed by atoms with van der Waals surface area (Å²) < 4.78 is 5.99. The SMILES string of the molecule is CCOC1CC(NC(=NC)NCCc2ccccn2)C12CCCC2.I. The lowest BCUT2D eigenvalue weighted by molar-refractivity contribution is -0.125. The topological polar surface area (TPSA) is 58.5 Å². The van der Waals surface area contributed by atoms with Crippen LogP contribution in [0.25, 0.3) is 0 Å². The van der Waals surface area contributed by atoms with Crippen LogP contribution in [0.3, 0.4) is 0 Å². The molecule has 3 rings (SSSR count). The molecule has 2 fully saturated rings. The first-order valence-corrected chi connectivity index (χ1v) is 9.27. The van der Waals surface area contributed by atoms with E-state index in [0.29, 0.717) is 17.6 Å². The number of ether oxygens (including phenoxy) is 1. The summed E-state index contributed by atoms with van der Waals surface area (Å²) in [6, 6.07) is 6.52. The van der Waals surface area contributed by atoms with Crippen molar-refractivity contribution >= 4 is 29.9 Å². The molecule has 2 N–H and O–H groups in total. The lowest BCUT2D eigenvalue weighted by atomic mass is 9.60. The van der Waals surface area contributed by atoms with Crippen LogP contribution in [0.4, 0.5) is 0 Å². The van der Waals surface area contributed by atoms with Crippen LogP contribution in [0.5, 0.6) is 0 Å². The molecule has 2 unspecified atom stereocenters. The number of pyridine rings is 1. The Labute approximate surface area is 168 Å². The quantitative estimate of drug-likeness (QED) is 0.391. The first kappa shape index (κ1) is 20.4. The van der Waals surface area contributed by atoms with Crippen molar-refractivity contribution in [2.45, 2.75) is 57.6 Å². The monoisotopic (exact) mass is 458 g/mol. The van der Waals surface area contributed by atoms with E-state index in [1.807, 2.05) is 25.4 Å². The normalized spacial score (nSPS) is 24.5. The molecule has 0 amide bonds. The van der Waals surface area contributed by atoms with Crippen LogP contribution >= 0.6 is 24.0 Å². The zero-order chi connectivity index (χ0) is 16.8. The molecule has 0 saturated heterocycles. The molecular formula is C19H31IN4O. The van der Waals surface area contributed by atoms with Crippen molar-refractivity contribution < 1.29 is 4.74 Å². The van der Waals surface area contributed by atoms with Crippen molar-refractivity contribution in [3.8, 4) is 0 Å². The minimum absolute atomic E-state index is 0. The van der Waals surface area contributed by atoms with Crippen molar-refractivity contribution in [2.24, 2.45) is 10.4 Å². The number of aliphatic imine (C=N–C) groups is 1. The van der Waals surface area contributed by atoms with E-state index < -0.39 is 0 Å². The fourth-order valence-electron chi connectivity index (χ4n) is 4.30. The summed E-state index contributed by atoms with van der Waals surface area (Å²) in [7, 11) is 1.84. The van der Waals surface area contributed by atoms with Gasteiger partial charge in [-0.05, 0) is 38.3 Å². The third-order valence-electron chi connectivity index (χ3n) is 5.62.